The molecule has 0 aliphatic carbocycles. The molecular formula is C15H18N4O4. The largest absolute Gasteiger partial charge is 0.420 e. The summed E-state index contributed by atoms with van der Waals surface area (Å²) in [6.07, 6.45) is 0. The summed E-state index contributed by atoms with van der Waals surface area (Å²) in [4.78, 5) is 37.6. The van der Waals surface area contributed by atoms with Gasteiger partial charge in [0.25, 0.3) is 5.91 Å². The van der Waals surface area contributed by atoms with Crippen LogP contribution in [0.15, 0.2) is 27.4 Å². The molecule has 8 heteroatoms. The van der Waals surface area contributed by atoms with E-state index >= 15 is 0 Å². The number of nitrogens with zero attached hydrogens (tertiary/aromatic N) is 2. The number of likely N-dealkylation sites (N-methyl/N-ethyl adjacent to an activating group) is 1. The van der Waals surface area contributed by atoms with Gasteiger partial charge in [-0.1, -0.05) is 0 Å². The molecule has 1 aliphatic heterocycles. The molecule has 2 aromatic rings. The molecule has 2 heterocycles. The molecule has 1 saturated heterocycles. The van der Waals surface area contributed by atoms with Gasteiger partial charge in [0, 0.05) is 38.8 Å². The monoisotopic (exact) mass is 318 g/mol. The maximum absolute atomic E-state index is 12.5. The van der Waals surface area contributed by atoms with Crippen molar-refractivity contribution in [2.45, 2.75) is 6.54 Å². The van der Waals surface area contributed by atoms with Crippen molar-refractivity contribution in [3.63, 3.8) is 0 Å². The van der Waals surface area contributed by atoms with Crippen LogP contribution >= 0.6 is 0 Å². The average Bonchev–Trinajstić information content (AvgIpc) is 2.89. The molecule has 2 amide bonds. The molecular weight excluding hydrogens is 300 g/mol. The van der Waals surface area contributed by atoms with Crippen LogP contribution in [0, 0.1) is 0 Å². The van der Waals surface area contributed by atoms with Crippen LogP contribution in [0.25, 0.3) is 11.1 Å². The van der Waals surface area contributed by atoms with Gasteiger partial charge in [-0.3, -0.25) is 14.2 Å². The van der Waals surface area contributed by atoms with Gasteiger partial charge in [0.1, 0.15) is 6.54 Å². The van der Waals surface area contributed by atoms with Crippen LogP contribution < -0.4 is 16.4 Å². The Kier molecular flexibility index (Phi) is 4.16. The minimum atomic E-state index is -0.615. The first-order valence-corrected chi connectivity index (χ1v) is 7.44. The number of nitrogens with one attached hydrogen (secondary N) is 2. The van der Waals surface area contributed by atoms with Gasteiger partial charge < -0.3 is 20.0 Å². The maximum Gasteiger partial charge on any atom is 0.420 e. The predicted octanol–water partition coefficient (Wildman–Crippen LogP) is -0.614. The second-order valence-corrected chi connectivity index (χ2v) is 5.35. The molecule has 0 spiro atoms. The molecule has 122 valence electrons. The topological polar surface area (TPSA) is 96.6 Å². The quantitative estimate of drug-likeness (QED) is 0.787. The lowest BCUT2D eigenvalue weighted by molar-refractivity contribution is -0.121. The zero-order valence-electron chi connectivity index (χ0n) is 12.8. The Balaban J connectivity index is 1.92. The van der Waals surface area contributed by atoms with E-state index in [1.54, 1.807) is 23.1 Å². The SMILES string of the molecule is CNC(=O)Cn1c(=O)oc2cc(C(=O)N3CCNCC3)ccc21. The van der Waals surface area contributed by atoms with Gasteiger partial charge in [-0.05, 0) is 18.2 Å². The number of benzene rings is 1. The third-order valence-electron chi connectivity index (χ3n) is 3.90. The smallest absolute Gasteiger partial charge is 0.408 e. The van der Waals surface area contributed by atoms with Crippen molar-refractivity contribution in [2.24, 2.45) is 0 Å². The van der Waals surface area contributed by atoms with Crippen LogP contribution in [0.3, 0.4) is 0 Å². The fourth-order valence-electron chi connectivity index (χ4n) is 2.62. The molecule has 8 nitrogen and oxygen atoms in total. The first kappa shape index (κ1) is 15.3. The highest BCUT2D eigenvalue weighted by Crippen LogP contribution is 2.17. The number of hydrogen-bond acceptors (Lipinski definition) is 5. The minimum Gasteiger partial charge on any atom is -0.408 e. The summed E-state index contributed by atoms with van der Waals surface area (Å²) in [5.41, 5.74) is 1.27. The van der Waals surface area contributed by atoms with Crippen LogP contribution in [0.4, 0.5) is 0 Å². The number of aromatic nitrogens is 1. The van der Waals surface area contributed by atoms with Gasteiger partial charge in [-0.2, -0.15) is 0 Å². The number of oxazole rings is 1. The molecule has 0 radical (unpaired) electrons. The Hall–Kier alpha value is -2.61. The Morgan fingerprint density at radius 2 is 2.04 bits per heavy atom. The molecule has 1 aliphatic rings. The van der Waals surface area contributed by atoms with Crippen LogP contribution in [0.5, 0.6) is 0 Å². The summed E-state index contributed by atoms with van der Waals surface area (Å²) in [6, 6.07) is 4.85. The molecule has 23 heavy (non-hydrogen) atoms. The normalized spacial score (nSPS) is 14.9. The highest BCUT2D eigenvalue weighted by Gasteiger charge is 2.20. The zero-order chi connectivity index (χ0) is 16.4. The van der Waals surface area contributed by atoms with Crippen molar-refractivity contribution in [3.8, 4) is 0 Å². The molecule has 0 bridgehead atoms. The van der Waals surface area contributed by atoms with E-state index in [9.17, 15) is 14.4 Å². The van der Waals surface area contributed by atoms with Gasteiger partial charge >= 0.3 is 5.76 Å². The Labute approximate surface area is 132 Å². The van der Waals surface area contributed by atoms with Crippen molar-refractivity contribution in [2.75, 3.05) is 33.2 Å². The molecule has 1 fully saturated rings. The van der Waals surface area contributed by atoms with Crippen molar-refractivity contribution < 1.29 is 14.0 Å². The van der Waals surface area contributed by atoms with Gasteiger partial charge in [0.2, 0.25) is 5.91 Å². The van der Waals surface area contributed by atoms with Gasteiger partial charge in [-0.25, -0.2) is 4.79 Å². The van der Waals surface area contributed by atoms with E-state index < -0.39 is 5.76 Å². The lowest BCUT2D eigenvalue weighted by atomic mass is 10.1. The number of fused-ring (bicyclic) bond motifs is 1. The summed E-state index contributed by atoms with van der Waals surface area (Å²) in [6.45, 7) is 2.72. The lowest BCUT2D eigenvalue weighted by Gasteiger charge is -2.27. The Bertz CT molecular complexity index is 801. The van der Waals surface area contributed by atoms with E-state index in [1.165, 1.54) is 11.6 Å². The molecule has 0 unspecified atom stereocenters. The van der Waals surface area contributed by atoms with E-state index in [0.717, 1.165) is 13.1 Å². The molecule has 3 rings (SSSR count). The van der Waals surface area contributed by atoms with Crippen molar-refractivity contribution in [1.29, 1.82) is 0 Å². The Morgan fingerprint density at radius 1 is 1.30 bits per heavy atom. The van der Waals surface area contributed by atoms with Gasteiger partial charge in [-0.15, -0.1) is 0 Å². The van der Waals surface area contributed by atoms with Crippen LogP contribution in [0.2, 0.25) is 0 Å². The van der Waals surface area contributed by atoms with E-state index in [-0.39, 0.29) is 18.4 Å². The van der Waals surface area contributed by atoms with Crippen LogP contribution in [-0.4, -0.2) is 54.5 Å². The molecule has 0 saturated carbocycles. The number of carbonyl (C=O) groups is 2. The molecule has 1 aromatic carbocycles. The zero-order valence-corrected chi connectivity index (χ0v) is 12.8. The van der Waals surface area contributed by atoms with E-state index in [0.29, 0.717) is 29.8 Å². The summed E-state index contributed by atoms with van der Waals surface area (Å²) in [5, 5.41) is 5.65. The van der Waals surface area contributed by atoms with E-state index in [2.05, 4.69) is 10.6 Å². The summed E-state index contributed by atoms with van der Waals surface area (Å²) in [5.74, 6) is -0.999. The molecule has 1 aromatic heterocycles. The third-order valence-corrected chi connectivity index (χ3v) is 3.90. The Morgan fingerprint density at radius 3 is 2.74 bits per heavy atom. The van der Waals surface area contributed by atoms with Crippen molar-refractivity contribution in [1.82, 2.24) is 20.1 Å². The van der Waals surface area contributed by atoms with Crippen LogP contribution in [0.1, 0.15) is 10.4 Å². The first-order valence-electron chi connectivity index (χ1n) is 7.44. The predicted molar refractivity (Wildman–Crippen MR) is 83.3 cm³/mol. The highest BCUT2D eigenvalue weighted by atomic mass is 16.4. The van der Waals surface area contributed by atoms with E-state index in [4.69, 9.17) is 4.42 Å². The number of hydrogen-bond donors (Lipinski definition) is 2. The first-order chi connectivity index (χ1) is 11.1. The maximum atomic E-state index is 12.5. The highest BCUT2D eigenvalue weighted by molar-refractivity contribution is 5.97. The number of amides is 2. The average molecular weight is 318 g/mol. The summed E-state index contributed by atoms with van der Waals surface area (Å²) >= 11 is 0. The minimum absolute atomic E-state index is 0.0879. The van der Waals surface area contributed by atoms with Crippen molar-refractivity contribution >= 4 is 22.9 Å². The lowest BCUT2D eigenvalue weighted by Crippen LogP contribution is -2.46. The third kappa shape index (κ3) is 2.98. The molecule has 0 atom stereocenters. The molecule has 2 N–H and O–H groups in total. The van der Waals surface area contributed by atoms with Gasteiger partial charge in [0.05, 0.1) is 5.52 Å². The number of carbonyl (C=O) groups excluding carboxylic acids is 2. The fraction of sp³-hybridized carbons (Fsp3) is 0.400. The van der Waals surface area contributed by atoms with Crippen LogP contribution in [-0.2, 0) is 11.3 Å². The van der Waals surface area contributed by atoms with E-state index in [1.807, 2.05) is 0 Å². The summed E-state index contributed by atoms with van der Waals surface area (Å²) in [7, 11) is 1.50. The van der Waals surface area contributed by atoms with Gasteiger partial charge in [0.15, 0.2) is 5.58 Å². The second-order valence-electron chi connectivity index (χ2n) is 5.35. The second kappa shape index (κ2) is 6.25. The number of rotatable bonds is 3. The fourth-order valence-corrected chi connectivity index (χ4v) is 2.62. The van der Waals surface area contributed by atoms with Crippen molar-refractivity contribution in [3.05, 3.63) is 34.3 Å². The summed E-state index contributed by atoms with van der Waals surface area (Å²) < 4.78 is 6.41. The number of piperazine rings is 1. The standard InChI is InChI=1S/C15H18N4O4/c1-16-13(20)9-19-11-3-2-10(8-12(11)23-15(19)22)14(21)18-6-4-17-5-7-18/h2-3,8,17H,4-7,9H2,1H3,(H,16,20).